The Balaban J connectivity index is 2.18. The van der Waals surface area contributed by atoms with Crippen molar-refractivity contribution in [3.63, 3.8) is 0 Å². The first kappa shape index (κ1) is 10.5. The number of rotatable bonds is 2. The molecule has 3 rings (SSSR count). The Morgan fingerprint density at radius 2 is 0.929 bits per heavy atom. The van der Waals surface area contributed by atoms with E-state index in [1.165, 1.54) is 25.7 Å². The third-order valence-corrected chi connectivity index (χ3v) is 4.89. The molecule has 2 atom stereocenters. The molecule has 0 aromatic carbocycles. The van der Waals surface area contributed by atoms with E-state index < -0.39 is 0 Å². The van der Waals surface area contributed by atoms with E-state index >= 15 is 0 Å². The fraction of sp³-hybridized carbons (Fsp3) is 1.00. The minimum atomic E-state index is 0.912. The van der Waals surface area contributed by atoms with Gasteiger partial charge < -0.3 is 0 Å². The Bertz CT molecular complexity index is 162. The van der Waals surface area contributed by atoms with Gasteiger partial charge in [0.15, 0.2) is 0 Å². The summed E-state index contributed by atoms with van der Waals surface area (Å²) in [6.45, 7) is 9.78. The molecule has 0 amide bonds. The average Bonchev–Trinajstić information content (AvgIpc) is 2.17. The monoisotopic (exact) mass is 194 g/mol. The Hall–Kier alpha value is 0. The van der Waals surface area contributed by atoms with E-state index in [0.717, 1.165) is 35.5 Å². The first-order chi connectivity index (χ1) is 6.61. The summed E-state index contributed by atoms with van der Waals surface area (Å²) in [5, 5.41) is 0. The van der Waals surface area contributed by atoms with Crippen LogP contribution in [-0.2, 0) is 0 Å². The molecule has 0 saturated heterocycles. The highest BCUT2D eigenvalue weighted by atomic mass is 14.5. The predicted molar refractivity (Wildman–Crippen MR) is 62.1 cm³/mol. The van der Waals surface area contributed by atoms with Crippen LogP contribution in [0.15, 0.2) is 0 Å². The number of fused-ring (bicyclic) bond motifs is 3. The maximum atomic E-state index is 2.45. The molecule has 0 aromatic rings. The molecule has 3 aliphatic rings. The topological polar surface area (TPSA) is 0 Å². The van der Waals surface area contributed by atoms with Crippen LogP contribution in [-0.4, -0.2) is 0 Å². The summed E-state index contributed by atoms with van der Waals surface area (Å²) in [6.07, 6.45) is 6.15. The van der Waals surface area contributed by atoms with Crippen molar-refractivity contribution in [2.24, 2.45) is 35.5 Å². The van der Waals surface area contributed by atoms with Crippen molar-refractivity contribution < 1.29 is 0 Å². The molecule has 3 aliphatic carbocycles. The van der Waals surface area contributed by atoms with Crippen LogP contribution in [0.4, 0.5) is 0 Å². The molecule has 0 spiro atoms. The van der Waals surface area contributed by atoms with Crippen molar-refractivity contribution in [2.45, 2.75) is 53.4 Å². The smallest absolute Gasteiger partial charge is 0.0329 e. The van der Waals surface area contributed by atoms with Gasteiger partial charge in [0.25, 0.3) is 0 Å². The number of hydrogen-bond acceptors (Lipinski definition) is 0. The predicted octanol–water partition coefficient (Wildman–Crippen LogP) is 4.35. The Morgan fingerprint density at radius 3 is 1.14 bits per heavy atom. The Kier molecular flexibility index (Phi) is 2.91. The lowest BCUT2D eigenvalue weighted by Crippen LogP contribution is -2.44. The number of hydrogen-bond donors (Lipinski definition) is 0. The minimum Gasteiger partial charge on any atom is -0.0625 e. The van der Waals surface area contributed by atoms with Crippen LogP contribution in [0.2, 0.25) is 0 Å². The molecule has 2 unspecified atom stereocenters. The summed E-state index contributed by atoms with van der Waals surface area (Å²) in [5.41, 5.74) is 0. The van der Waals surface area contributed by atoms with Crippen molar-refractivity contribution in [1.82, 2.24) is 0 Å². The lowest BCUT2D eigenvalue weighted by molar-refractivity contribution is -0.0278. The fourth-order valence-corrected chi connectivity index (χ4v) is 4.52. The van der Waals surface area contributed by atoms with E-state index in [1.807, 2.05) is 0 Å². The van der Waals surface area contributed by atoms with Crippen LogP contribution in [0.5, 0.6) is 0 Å². The fourth-order valence-electron chi connectivity index (χ4n) is 4.52. The molecule has 2 bridgehead atoms. The van der Waals surface area contributed by atoms with Gasteiger partial charge in [-0.15, -0.1) is 0 Å². The molecule has 0 aliphatic heterocycles. The zero-order valence-electron chi connectivity index (χ0n) is 10.3. The van der Waals surface area contributed by atoms with Crippen molar-refractivity contribution in [2.75, 3.05) is 0 Å². The molecule has 14 heavy (non-hydrogen) atoms. The molecule has 0 nitrogen and oxygen atoms in total. The standard InChI is InChI=1S/C14H26/c1-9(2)13-11-5-7-12(8-6-11)14(13)10(3)4/h9-14H,5-8H2,1-4H3. The van der Waals surface area contributed by atoms with Gasteiger partial charge in [0.2, 0.25) is 0 Å². The maximum Gasteiger partial charge on any atom is -0.0329 e. The summed E-state index contributed by atoms with van der Waals surface area (Å²) >= 11 is 0. The first-order valence-electron chi connectivity index (χ1n) is 6.61. The molecule has 0 aromatic heterocycles. The summed E-state index contributed by atoms with van der Waals surface area (Å²) < 4.78 is 0. The molecule has 0 heteroatoms. The van der Waals surface area contributed by atoms with Gasteiger partial charge in [-0.25, -0.2) is 0 Å². The van der Waals surface area contributed by atoms with E-state index in [0.29, 0.717) is 0 Å². The SMILES string of the molecule is CC(C)C1C2CCC(CC2)C1C(C)C. The van der Waals surface area contributed by atoms with E-state index in [-0.39, 0.29) is 0 Å². The summed E-state index contributed by atoms with van der Waals surface area (Å²) in [7, 11) is 0. The maximum absolute atomic E-state index is 2.45. The van der Waals surface area contributed by atoms with Crippen LogP contribution in [0.3, 0.4) is 0 Å². The van der Waals surface area contributed by atoms with E-state index in [2.05, 4.69) is 27.7 Å². The second-order valence-corrected chi connectivity index (χ2v) is 6.32. The largest absolute Gasteiger partial charge is 0.0625 e. The van der Waals surface area contributed by atoms with Gasteiger partial charge in [0.1, 0.15) is 0 Å². The van der Waals surface area contributed by atoms with Gasteiger partial charge in [-0.3, -0.25) is 0 Å². The van der Waals surface area contributed by atoms with Gasteiger partial charge in [-0.05, 0) is 61.2 Å². The first-order valence-corrected chi connectivity index (χ1v) is 6.61. The van der Waals surface area contributed by atoms with E-state index in [9.17, 15) is 0 Å². The van der Waals surface area contributed by atoms with Crippen LogP contribution in [0.1, 0.15) is 53.4 Å². The van der Waals surface area contributed by atoms with Crippen LogP contribution < -0.4 is 0 Å². The zero-order chi connectivity index (χ0) is 10.3. The molecule has 0 heterocycles. The highest BCUT2D eigenvalue weighted by molar-refractivity contribution is 4.94. The average molecular weight is 194 g/mol. The van der Waals surface area contributed by atoms with Gasteiger partial charge in [0, 0.05) is 0 Å². The van der Waals surface area contributed by atoms with Gasteiger partial charge >= 0.3 is 0 Å². The molecule has 3 saturated carbocycles. The quantitative estimate of drug-likeness (QED) is 0.613. The highest BCUT2D eigenvalue weighted by Gasteiger charge is 2.45. The molecular weight excluding hydrogens is 168 g/mol. The second kappa shape index (κ2) is 3.87. The summed E-state index contributed by atoms with van der Waals surface area (Å²) in [5.74, 6) is 6.07. The summed E-state index contributed by atoms with van der Waals surface area (Å²) in [4.78, 5) is 0. The van der Waals surface area contributed by atoms with Crippen LogP contribution in [0.25, 0.3) is 0 Å². The normalized spacial score (nSPS) is 42.4. The zero-order valence-corrected chi connectivity index (χ0v) is 10.3. The van der Waals surface area contributed by atoms with Gasteiger partial charge in [0.05, 0.1) is 0 Å². The van der Waals surface area contributed by atoms with E-state index in [4.69, 9.17) is 0 Å². The lowest BCUT2D eigenvalue weighted by Gasteiger charge is -2.52. The Labute approximate surface area is 89.5 Å². The Morgan fingerprint density at radius 1 is 0.643 bits per heavy atom. The van der Waals surface area contributed by atoms with Crippen LogP contribution >= 0.6 is 0 Å². The van der Waals surface area contributed by atoms with Crippen molar-refractivity contribution in [1.29, 1.82) is 0 Å². The van der Waals surface area contributed by atoms with Gasteiger partial charge in [-0.1, -0.05) is 27.7 Å². The second-order valence-electron chi connectivity index (χ2n) is 6.32. The third-order valence-electron chi connectivity index (χ3n) is 4.89. The van der Waals surface area contributed by atoms with Crippen LogP contribution in [0, 0.1) is 35.5 Å². The van der Waals surface area contributed by atoms with E-state index in [1.54, 1.807) is 0 Å². The molecule has 82 valence electrons. The van der Waals surface area contributed by atoms with Crippen molar-refractivity contribution in [3.8, 4) is 0 Å². The van der Waals surface area contributed by atoms with Crippen molar-refractivity contribution in [3.05, 3.63) is 0 Å². The molecule has 0 radical (unpaired) electrons. The lowest BCUT2D eigenvalue weighted by atomic mass is 9.53. The minimum absolute atomic E-state index is 0.912. The van der Waals surface area contributed by atoms with Crippen molar-refractivity contribution >= 4 is 0 Å². The molecule has 0 N–H and O–H groups in total. The third kappa shape index (κ3) is 1.61. The van der Waals surface area contributed by atoms with Gasteiger partial charge in [-0.2, -0.15) is 0 Å². The molecule has 3 fully saturated rings. The molecular formula is C14H26. The summed E-state index contributed by atoms with van der Waals surface area (Å²) in [6, 6.07) is 0. The highest BCUT2D eigenvalue weighted by Crippen LogP contribution is 2.53.